The van der Waals surface area contributed by atoms with Crippen molar-refractivity contribution in [3.05, 3.63) is 572 Å². The number of hydrogen-bond acceptors (Lipinski definition) is 3. The summed E-state index contributed by atoms with van der Waals surface area (Å²) in [7, 11) is 0. The number of aromatic nitrogens is 3. The SMILES string of the molecule is c1ccc(-c2cccc(-c3ccccc3N(c3ccc(-c4cccc5c4oc4ccc(-c6ccc7c(c6)c6cccc8c6n7-c6ccc(N(c7ccc(-c9ccc%10c(c9)c9ccccc9n%10-c9ccccc9)cc7)c7ccccc7-c7cccc(-c9ccccc9)c7)cc6C86c7ccccc7-c7ccccc76)cc45)cc3)c3ccc4c(c3)C3(c5ccccc5-c5ccccc53)c3cccc5c6ccccc6n-4c35)c2)cc1. The molecule has 23 aromatic carbocycles. The van der Waals surface area contributed by atoms with Crippen LogP contribution in [0.2, 0.25) is 0 Å². The molecule has 6 heterocycles. The Bertz CT molecular complexity index is 10100. The predicted molar refractivity (Wildman–Crippen MR) is 606 cm³/mol. The molecule has 4 aliphatic rings. The average Bonchev–Trinajstić information content (AvgIpc) is 1.49. The third-order valence-corrected chi connectivity index (χ3v) is 32.2. The highest BCUT2D eigenvalue weighted by atomic mass is 16.3. The van der Waals surface area contributed by atoms with Crippen molar-refractivity contribution in [2.45, 2.75) is 10.8 Å². The summed E-state index contributed by atoms with van der Waals surface area (Å²) in [5, 5.41) is 9.46. The van der Waals surface area contributed by atoms with Crippen LogP contribution in [0.25, 0.3) is 205 Å². The highest BCUT2D eigenvalue weighted by Crippen LogP contribution is 2.65. The standard InChI is InChI=1S/C140H87N5O/c1-4-31-88(32-5-1)92-35-26-37-97(81-92)104-41-14-22-59-127(104)141(100-70-63-90(64-71-100)94-67-76-131-116(83-94)112-48-17-24-61-129(112)143(131)99-39-8-3-9-40-99)102-75-79-134-126(87-102)140(121-55-20-12-45-109(121)110-46-13-21-56-122(110)140)124-58-30-51-114-117-84-95(68-77-132(117)145(134)137(114)124)96-69-80-135-118(85-96)115-52-28-49-106(138(115)146-135)91-65-72-101(73-66-91)142(128-60-23-15-42-105(128)98-38-27-36-93(82-98)89-33-6-2-7-34-89)103-74-78-133-125(86-103)139(119-53-18-10-43-107(119)108-44-11-19-54-120(108)139)123-57-29-50-113-111-47-16-25-62-130(111)144(133)136(113)123/h1-87H. The molecule has 0 amide bonds. The maximum atomic E-state index is 7.22. The minimum Gasteiger partial charge on any atom is -0.455 e. The van der Waals surface area contributed by atoms with Gasteiger partial charge in [0.2, 0.25) is 0 Å². The molecule has 2 aliphatic heterocycles. The fraction of sp³-hybridized carbons (Fsp3) is 0.0143. The van der Waals surface area contributed by atoms with Gasteiger partial charge in [0.1, 0.15) is 11.2 Å². The first-order valence-electron chi connectivity index (χ1n) is 50.6. The summed E-state index contributed by atoms with van der Waals surface area (Å²) in [5.74, 6) is 0. The molecule has 27 aromatic rings. The van der Waals surface area contributed by atoms with Crippen LogP contribution in [-0.2, 0) is 10.8 Å². The molecule has 0 saturated heterocycles. The van der Waals surface area contributed by atoms with E-state index in [2.05, 4.69) is 551 Å². The third kappa shape index (κ3) is 11.7. The number of para-hydroxylation sites is 8. The zero-order valence-electron chi connectivity index (χ0n) is 79.4. The van der Waals surface area contributed by atoms with Crippen LogP contribution in [0.1, 0.15) is 44.5 Å². The van der Waals surface area contributed by atoms with E-state index in [4.69, 9.17) is 4.42 Å². The number of anilines is 6. The van der Waals surface area contributed by atoms with Crippen molar-refractivity contribution in [2.24, 2.45) is 0 Å². The van der Waals surface area contributed by atoms with Gasteiger partial charge in [-0.15, -0.1) is 0 Å². The van der Waals surface area contributed by atoms with Crippen molar-refractivity contribution in [3.8, 4) is 117 Å². The minimum atomic E-state index is -0.740. The summed E-state index contributed by atoms with van der Waals surface area (Å²) >= 11 is 0. The molecule has 0 unspecified atom stereocenters. The van der Waals surface area contributed by atoms with Crippen molar-refractivity contribution in [1.29, 1.82) is 0 Å². The summed E-state index contributed by atoms with van der Waals surface area (Å²) in [6, 6.07) is 198. The van der Waals surface area contributed by atoms with Crippen LogP contribution >= 0.6 is 0 Å². The van der Waals surface area contributed by atoms with Crippen LogP contribution < -0.4 is 9.80 Å². The Hall–Kier alpha value is -19.1. The van der Waals surface area contributed by atoms with E-state index in [9.17, 15) is 0 Å². The van der Waals surface area contributed by atoms with Crippen LogP contribution in [0.15, 0.2) is 532 Å². The summed E-state index contributed by atoms with van der Waals surface area (Å²) < 4.78 is 14.8. The molecule has 0 N–H and O–H groups in total. The third-order valence-electron chi connectivity index (χ3n) is 32.2. The molecule has 146 heavy (non-hydrogen) atoms. The number of fused-ring (bicyclic) bond motifs is 30. The van der Waals surface area contributed by atoms with Crippen LogP contribution in [0, 0.1) is 0 Å². The Morgan fingerprint density at radius 1 is 0.171 bits per heavy atom. The topological polar surface area (TPSA) is 34.4 Å². The number of furan rings is 1. The van der Waals surface area contributed by atoms with Gasteiger partial charge in [0, 0.05) is 88.2 Å². The van der Waals surface area contributed by atoms with Gasteiger partial charge >= 0.3 is 0 Å². The lowest BCUT2D eigenvalue weighted by molar-refractivity contribution is 0.670. The Morgan fingerprint density at radius 2 is 0.493 bits per heavy atom. The van der Waals surface area contributed by atoms with E-state index >= 15 is 0 Å². The van der Waals surface area contributed by atoms with Crippen LogP contribution in [-0.4, -0.2) is 13.7 Å². The van der Waals surface area contributed by atoms with Crippen molar-refractivity contribution in [2.75, 3.05) is 9.80 Å². The van der Waals surface area contributed by atoms with Gasteiger partial charge in [-0.25, -0.2) is 0 Å². The van der Waals surface area contributed by atoms with E-state index in [0.29, 0.717) is 0 Å². The van der Waals surface area contributed by atoms with E-state index in [1.807, 2.05) is 0 Å². The zero-order valence-corrected chi connectivity index (χ0v) is 79.4. The average molecular weight is 1860 g/mol. The Balaban J connectivity index is 0.540. The summed E-state index contributed by atoms with van der Waals surface area (Å²) in [5.41, 5.74) is 48.1. The Kier molecular flexibility index (Phi) is 17.7. The molecule has 0 radical (unpaired) electrons. The highest BCUT2D eigenvalue weighted by molar-refractivity contribution is 6.18. The van der Waals surface area contributed by atoms with Gasteiger partial charge in [0.15, 0.2) is 0 Å². The van der Waals surface area contributed by atoms with E-state index in [1.165, 1.54) is 143 Å². The second kappa shape index (κ2) is 31.7. The van der Waals surface area contributed by atoms with Gasteiger partial charge in [-0.05, 0) is 274 Å². The van der Waals surface area contributed by atoms with Crippen LogP contribution in [0.5, 0.6) is 0 Å². The molecule has 6 heteroatoms. The highest BCUT2D eigenvalue weighted by Gasteiger charge is 2.53. The molecule has 6 nitrogen and oxygen atoms in total. The smallest absolute Gasteiger partial charge is 0.143 e. The summed E-state index contributed by atoms with van der Waals surface area (Å²) in [4.78, 5) is 5.02. The number of nitrogens with zero attached hydrogens (tertiary/aromatic N) is 5. The summed E-state index contributed by atoms with van der Waals surface area (Å²) in [6.45, 7) is 0. The Labute approximate surface area is 843 Å². The first kappa shape index (κ1) is 81.7. The van der Waals surface area contributed by atoms with Gasteiger partial charge < -0.3 is 27.9 Å². The van der Waals surface area contributed by atoms with Gasteiger partial charge in [-0.2, -0.15) is 0 Å². The largest absolute Gasteiger partial charge is 0.455 e. The molecule has 0 saturated carbocycles. The molecule has 678 valence electrons. The fourth-order valence-electron chi connectivity index (χ4n) is 26.1. The summed E-state index contributed by atoms with van der Waals surface area (Å²) in [6.07, 6.45) is 0. The van der Waals surface area contributed by atoms with Gasteiger partial charge in [-0.1, -0.05) is 382 Å². The maximum absolute atomic E-state index is 7.22. The molecular formula is C140H87N5O. The fourth-order valence-corrected chi connectivity index (χ4v) is 26.1. The van der Waals surface area contributed by atoms with E-state index < -0.39 is 10.8 Å². The van der Waals surface area contributed by atoms with Crippen LogP contribution in [0.3, 0.4) is 0 Å². The molecule has 0 fully saturated rings. The van der Waals surface area contributed by atoms with E-state index in [1.54, 1.807) is 0 Å². The van der Waals surface area contributed by atoms with Crippen molar-refractivity contribution in [3.63, 3.8) is 0 Å². The normalized spacial score (nSPS) is 13.0. The van der Waals surface area contributed by atoms with Crippen LogP contribution in [0.4, 0.5) is 34.1 Å². The monoisotopic (exact) mass is 1850 g/mol. The molecular weight excluding hydrogens is 1770 g/mol. The minimum absolute atomic E-state index is 0.660. The lowest BCUT2D eigenvalue weighted by Gasteiger charge is -2.40. The number of benzene rings is 23. The lowest BCUT2D eigenvalue weighted by Crippen LogP contribution is -2.33. The molecule has 4 aromatic heterocycles. The van der Waals surface area contributed by atoms with Gasteiger partial charge in [0.05, 0.1) is 66.7 Å². The number of rotatable bonds is 14. The van der Waals surface area contributed by atoms with Crippen molar-refractivity contribution >= 4 is 121 Å². The zero-order chi connectivity index (χ0) is 95.6. The molecule has 0 bridgehead atoms. The molecule has 2 aliphatic carbocycles. The first-order chi connectivity index (χ1) is 72.4. The second-order valence-electron chi connectivity index (χ2n) is 39.5. The maximum Gasteiger partial charge on any atom is 0.143 e. The molecule has 31 rings (SSSR count). The van der Waals surface area contributed by atoms with Gasteiger partial charge in [0.25, 0.3) is 0 Å². The van der Waals surface area contributed by atoms with Gasteiger partial charge in [-0.3, -0.25) is 0 Å². The quantitative estimate of drug-likeness (QED) is 0.109. The van der Waals surface area contributed by atoms with Crippen molar-refractivity contribution < 1.29 is 4.42 Å². The predicted octanol–water partition coefficient (Wildman–Crippen LogP) is 36.8. The number of hydrogen-bond donors (Lipinski definition) is 0. The van der Waals surface area contributed by atoms with E-state index in [0.717, 1.165) is 140 Å². The first-order valence-corrected chi connectivity index (χ1v) is 50.6. The lowest BCUT2D eigenvalue weighted by atomic mass is 9.65. The Morgan fingerprint density at radius 3 is 1.01 bits per heavy atom. The molecule has 0 atom stereocenters. The molecule has 2 spiro atoms. The van der Waals surface area contributed by atoms with E-state index in [-0.39, 0.29) is 0 Å². The van der Waals surface area contributed by atoms with Crippen molar-refractivity contribution in [1.82, 2.24) is 13.7 Å². The second-order valence-corrected chi connectivity index (χ2v) is 39.5.